The molecule has 1 aromatic heterocycles. The van der Waals surface area contributed by atoms with Crippen molar-refractivity contribution in [2.75, 3.05) is 18.2 Å². The maximum atomic E-state index is 12.2. The molecular weight excluding hydrogens is 348 g/mol. The first kappa shape index (κ1) is 18.0. The first-order chi connectivity index (χ1) is 12.6. The van der Waals surface area contributed by atoms with Crippen molar-refractivity contribution < 1.29 is 9.53 Å². The summed E-state index contributed by atoms with van der Waals surface area (Å²) < 4.78 is 7.06. The van der Waals surface area contributed by atoms with Crippen LogP contribution in [0.15, 0.2) is 53.9 Å². The Kier molecular flexibility index (Phi) is 5.58. The number of benzene rings is 2. The maximum absolute atomic E-state index is 12.2. The summed E-state index contributed by atoms with van der Waals surface area (Å²) in [6.07, 6.45) is 1.67. The zero-order chi connectivity index (χ0) is 18.5. The van der Waals surface area contributed by atoms with Crippen LogP contribution in [0, 0.1) is 13.8 Å². The summed E-state index contributed by atoms with van der Waals surface area (Å²) in [5, 5.41) is 11.7. The highest BCUT2D eigenvalue weighted by Gasteiger charge is 2.12. The van der Waals surface area contributed by atoms with Crippen LogP contribution < -0.4 is 10.1 Å². The van der Waals surface area contributed by atoms with E-state index in [0.717, 1.165) is 11.3 Å². The third-order valence-electron chi connectivity index (χ3n) is 3.81. The lowest BCUT2D eigenvalue weighted by atomic mass is 10.1. The van der Waals surface area contributed by atoms with Gasteiger partial charge in [0.15, 0.2) is 5.16 Å². The van der Waals surface area contributed by atoms with E-state index in [1.807, 2.05) is 41.8 Å². The average Bonchev–Trinajstić information content (AvgIpc) is 3.08. The minimum atomic E-state index is -0.113. The van der Waals surface area contributed by atoms with E-state index in [0.29, 0.717) is 16.6 Å². The van der Waals surface area contributed by atoms with Crippen molar-refractivity contribution in [2.45, 2.75) is 19.0 Å². The normalized spacial score (nSPS) is 10.6. The molecule has 134 valence electrons. The van der Waals surface area contributed by atoms with Gasteiger partial charge >= 0.3 is 0 Å². The number of amides is 1. The Morgan fingerprint density at radius 3 is 2.85 bits per heavy atom. The number of nitrogens with one attached hydrogen (secondary N) is 1. The number of aryl methyl sites for hydroxylation is 2. The van der Waals surface area contributed by atoms with E-state index in [1.165, 1.54) is 17.3 Å². The maximum Gasteiger partial charge on any atom is 0.234 e. The number of nitrogens with zero attached hydrogens (tertiary/aromatic N) is 3. The topological polar surface area (TPSA) is 69.0 Å². The molecule has 26 heavy (non-hydrogen) atoms. The SMILES string of the molecule is COc1cccc(NC(=O)CSc2nncn2-c2ccc(C)cc2C)c1. The van der Waals surface area contributed by atoms with Crippen LogP contribution in [-0.4, -0.2) is 33.5 Å². The van der Waals surface area contributed by atoms with Crippen molar-refractivity contribution in [2.24, 2.45) is 0 Å². The highest BCUT2D eigenvalue weighted by atomic mass is 32.2. The molecule has 0 saturated carbocycles. The minimum Gasteiger partial charge on any atom is -0.497 e. The van der Waals surface area contributed by atoms with Gasteiger partial charge in [0.2, 0.25) is 5.91 Å². The second kappa shape index (κ2) is 8.05. The van der Waals surface area contributed by atoms with E-state index in [1.54, 1.807) is 19.5 Å². The fraction of sp³-hybridized carbons (Fsp3) is 0.211. The van der Waals surface area contributed by atoms with Crippen LogP contribution >= 0.6 is 11.8 Å². The van der Waals surface area contributed by atoms with E-state index in [2.05, 4.69) is 28.5 Å². The Balaban J connectivity index is 1.67. The van der Waals surface area contributed by atoms with Crippen LogP contribution in [0.3, 0.4) is 0 Å². The van der Waals surface area contributed by atoms with Crippen LogP contribution in [0.1, 0.15) is 11.1 Å². The zero-order valence-corrected chi connectivity index (χ0v) is 15.7. The minimum absolute atomic E-state index is 0.113. The second-order valence-electron chi connectivity index (χ2n) is 5.84. The van der Waals surface area contributed by atoms with Gasteiger partial charge in [-0.15, -0.1) is 10.2 Å². The van der Waals surface area contributed by atoms with Gasteiger partial charge in [-0.3, -0.25) is 9.36 Å². The molecule has 3 rings (SSSR count). The van der Waals surface area contributed by atoms with Crippen molar-refractivity contribution in [3.63, 3.8) is 0 Å². The third kappa shape index (κ3) is 4.23. The van der Waals surface area contributed by atoms with Gasteiger partial charge in [-0.2, -0.15) is 0 Å². The van der Waals surface area contributed by atoms with Crippen LogP contribution in [0.4, 0.5) is 5.69 Å². The summed E-state index contributed by atoms with van der Waals surface area (Å²) >= 11 is 1.34. The van der Waals surface area contributed by atoms with Crippen LogP contribution in [0.5, 0.6) is 5.75 Å². The fourth-order valence-corrected chi connectivity index (χ4v) is 3.31. The van der Waals surface area contributed by atoms with Gasteiger partial charge in [-0.05, 0) is 37.6 Å². The second-order valence-corrected chi connectivity index (χ2v) is 6.78. The molecule has 1 amide bonds. The van der Waals surface area contributed by atoms with Crippen LogP contribution in [0.2, 0.25) is 0 Å². The van der Waals surface area contributed by atoms with E-state index < -0.39 is 0 Å². The van der Waals surface area contributed by atoms with Gasteiger partial charge in [0.05, 0.1) is 18.6 Å². The number of methoxy groups -OCH3 is 1. The predicted molar refractivity (Wildman–Crippen MR) is 103 cm³/mol. The number of ether oxygens (including phenoxy) is 1. The van der Waals surface area contributed by atoms with Crippen molar-refractivity contribution in [1.82, 2.24) is 14.8 Å². The van der Waals surface area contributed by atoms with Gasteiger partial charge in [0.1, 0.15) is 12.1 Å². The quantitative estimate of drug-likeness (QED) is 0.673. The third-order valence-corrected chi connectivity index (χ3v) is 4.76. The lowest BCUT2D eigenvalue weighted by Gasteiger charge is -2.10. The number of rotatable bonds is 6. The fourth-order valence-electron chi connectivity index (χ4n) is 2.59. The smallest absolute Gasteiger partial charge is 0.234 e. The molecule has 0 aliphatic carbocycles. The first-order valence-corrected chi connectivity index (χ1v) is 9.10. The number of hydrogen-bond acceptors (Lipinski definition) is 5. The number of carbonyl (C=O) groups excluding carboxylic acids is 1. The monoisotopic (exact) mass is 368 g/mol. The van der Waals surface area contributed by atoms with E-state index in [4.69, 9.17) is 4.74 Å². The zero-order valence-electron chi connectivity index (χ0n) is 14.9. The highest BCUT2D eigenvalue weighted by Crippen LogP contribution is 2.23. The largest absolute Gasteiger partial charge is 0.497 e. The van der Waals surface area contributed by atoms with Gasteiger partial charge in [0.25, 0.3) is 0 Å². The Morgan fingerprint density at radius 1 is 1.23 bits per heavy atom. The number of anilines is 1. The summed E-state index contributed by atoms with van der Waals surface area (Å²) in [6, 6.07) is 13.5. The number of thioether (sulfide) groups is 1. The molecule has 0 spiro atoms. The number of aromatic nitrogens is 3. The molecule has 1 heterocycles. The van der Waals surface area contributed by atoms with Crippen molar-refractivity contribution in [1.29, 1.82) is 0 Å². The number of carbonyl (C=O) groups is 1. The molecule has 7 heteroatoms. The molecule has 0 bridgehead atoms. The number of hydrogen-bond donors (Lipinski definition) is 1. The first-order valence-electron chi connectivity index (χ1n) is 8.11. The van der Waals surface area contributed by atoms with E-state index >= 15 is 0 Å². The standard InChI is InChI=1S/C19H20N4O2S/c1-13-7-8-17(14(2)9-13)23-12-20-22-19(23)26-11-18(24)21-15-5-4-6-16(10-15)25-3/h4-10,12H,11H2,1-3H3,(H,21,24). The van der Waals surface area contributed by atoms with Crippen LogP contribution in [0.25, 0.3) is 5.69 Å². The van der Waals surface area contributed by atoms with Gasteiger partial charge in [-0.1, -0.05) is 35.5 Å². The molecule has 1 N–H and O–H groups in total. The lowest BCUT2D eigenvalue weighted by molar-refractivity contribution is -0.113. The summed E-state index contributed by atoms with van der Waals surface area (Å²) in [4.78, 5) is 12.2. The Morgan fingerprint density at radius 2 is 2.08 bits per heavy atom. The molecule has 0 radical (unpaired) electrons. The molecule has 0 aliphatic heterocycles. The molecule has 0 unspecified atom stereocenters. The van der Waals surface area contributed by atoms with Crippen molar-refractivity contribution in [3.8, 4) is 11.4 Å². The Bertz CT molecular complexity index is 923. The summed E-state index contributed by atoms with van der Waals surface area (Å²) in [5.74, 6) is 0.823. The van der Waals surface area contributed by atoms with Gasteiger partial charge in [-0.25, -0.2) is 0 Å². The molecular formula is C19H20N4O2S. The molecule has 0 saturated heterocycles. The average molecular weight is 368 g/mol. The molecule has 0 fully saturated rings. The van der Waals surface area contributed by atoms with Gasteiger partial charge in [0, 0.05) is 11.8 Å². The van der Waals surface area contributed by atoms with E-state index in [-0.39, 0.29) is 11.7 Å². The van der Waals surface area contributed by atoms with Crippen molar-refractivity contribution in [3.05, 3.63) is 59.9 Å². The summed E-state index contributed by atoms with van der Waals surface area (Å²) in [5.41, 5.74) is 4.04. The van der Waals surface area contributed by atoms with Crippen molar-refractivity contribution >= 4 is 23.4 Å². The predicted octanol–water partition coefficient (Wildman–Crippen LogP) is 3.62. The molecule has 0 atom stereocenters. The highest BCUT2D eigenvalue weighted by molar-refractivity contribution is 7.99. The Hall–Kier alpha value is -2.80. The lowest BCUT2D eigenvalue weighted by Crippen LogP contribution is -2.14. The molecule has 6 nitrogen and oxygen atoms in total. The van der Waals surface area contributed by atoms with Crippen LogP contribution in [-0.2, 0) is 4.79 Å². The summed E-state index contributed by atoms with van der Waals surface area (Å²) in [6.45, 7) is 4.10. The molecule has 2 aromatic carbocycles. The van der Waals surface area contributed by atoms with Gasteiger partial charge < -0.3 is 10.1 Å². The summed E-state index contributed by atoms with van der Waals surface area (Å²) in [7, 11) is 1.59. The Labute approximate surface area is 156 Å². The van der Waals surface area contributed by atoms with E-state index in [9.17, 15) is 4.79 Å². The molecule has 0 aliphatic rings. The molecule has 3 aromatic rings.